The standard InChI is InChI=1S/C12H22N2O.ClH/c1-9-6-7-13-8-11(9)14-12(15)10-4-2-3-5-10;/h9-11,13H,2-8H2,1H3,(H,14,15);1H. The lowest BCUT2D eigenvalue weighted by molar-refractivity contribution is -0.126. The van der Waals surface area contributed by atoms with E-state index < -0.39 is 0 Å². The molecular weight excluding hydrogens is 224 g/mol. The van der Waals surface area contributed by atoms with Gasteiger partial charge in [-0.2, -0.15) is 0 Å². The predicted octanol–water partition coefficient (Wildman–Crippen LogP) is 1.71. The summed E-state index contributed by atoms with van der Waals surface area (Å²) in [5, 5.41) is 6.56. The molecule has 2 N–H and O–H groups in total. The Labute approximate surface area is 104 Å². The summed E-state index contributed by atoms with van der Waals surface area (Å²) < 4.78 is 0. The Kier molecular flexibility index (Phi) is 5.56. The van der Waals surface area contributed by atoms with Gasteiger partial charge in [-0.3, -0.25) is 4.79 Å². The molecule has 2 rings (SSSR count). The Balaban J connectivity index is 0.00000128. The zero-order valence-electron chi connectivity index (χ0n) is 10.00. The fourth-order valence-electron chi connectivity index (χ4n) is 2.67. The van der Waals surface area contributed by atoms with E-state index in [1.54, 1.807) is 0 Å². The smallest absolute Gasteiger partial charge is 0.223 e. The number of carbonyl (C=O) groups excluding carboxylic acids is 1. The largest absolute Gasteiger partial charge is 0.352 e. The van der Waals surface area contributed by atoms with Crippen LogP contribution in [0.25, 0.3) is 0 Å². The maximum Gasteiger partial charge on any atom is 0.223 e. The number of carbonyl (C=O) groups is 1. The minimum Gasteiger partial charge on any atom is -0.352 e. The monoisotopic (exact) mass is 246 g/mol. The highest BCUT2D eigenvalue weighted by atomic mass is 35.5. The summed E-state index contributed by atoms with van der Waals surface area (Å²) in [6, 6.07) is 0.354. The summed E-state index contributed by atoms with van der Waals surface area (Å²) in [5.41, 5.74) is 0. The van der Waals surface area contributed by atoms with Gasteiger partial charge in [-0.25, -0.2) is 0 Å². The van der Waals surface area contributed by atoms with E-state index >= 15 is 0 Å². The van der Waals surface area contributed by atoms with E-state index in [0.717, 1.165) is 25.9 Å². The van der Waals surface area contributed by atoms with Gasteiger partial charge in [0.1, 0.15) is 0 Å². The van der Waals surface area contributed by atoms with Crippen LogP contribution in [0, 0.1) is 11.8 Å². The van der Waals surface area contributed by atoms with Crippen molar-refractivity contribution in [3.8, 4) is 0 Å². The molecule has 1 saturated heterocycles. The van der Waals surface area contributed by atoms with Crippen LogP contribution >= 0.6 is 12.4 Å². The molecule has 4 heteroatoms. The van der Waals surface area contributed by atoms with Gasteiger partial charge in [0.15, 0.2) is 0 Å². The number of halogens is 1. The fraction of sp³-hybridized carbons (Fsp3) is 0.917. The fourth-order valence-corrected chi connectivity index (χ4v) is 2.67. The first-order chi connectivity index (χ1) is 7.27. The van der Waals surface area contributed by atoms with Gasteiger partial charge in [0.25, 0.3) is 0 Å². The Morgan fingerprint density at radius 3 is 2.56 bits per heavy atom. The van der Waals surface area contributed by atoms with E-state index in [1.807, 2.05) is 0 Å². The van der Waals surface area contributed by atoms with E-state index in [0.29, 0.717) is 23.8 Å². The molecule has 0 radical (unpaired) electrons. The molecule has 2 atom stereocenters. The van der Waals surface area contributed by atoms with Gasteiger partial charge >= 0.3 is 0 Å². The molecule has 1 aliphatic heterocycles. The highest BCUT2D eigenvalue weighted by Crippen LogP contribution is 2.25. The summed E-state index contributed by atoms with van der Waals surface area (Å²) in [4.78, 5) is 11.9. The molecule has 0 aromatic rings. The molecule has 1 saturated carbocycles. The zero-order chi connectivity index (χ0) is 10.7. The molecule has 0 aromatic carbocycles. The first-order valence-corrected chi connectivity index (χ1v) is 6.28. The van der Waals surface area contributed by atoms with Crippen LogP contribution in [0.15, 0.2) is 0 Å². The van der Waals surface area contributed by atoms with Gasteiger partial charge in [-0.15, -0.1) is 12.4 Å². The lowest BCUT2D eigenvalue weighted by atomic mass is 9.94. The van der Waals surface area contributed by atoms with Crippen molar-refractivity contribution in [1.82, 2.24) is 10.6 Å². The van der Waals surface area contributed by atoms with Crippen molar-refractivity contribution >= 4 is 18.3 Å². The molecule has 1 amide bonds. The quantitative estimate of drug-likeness (QED) is 0.779. The Morgan fingerprint density at radius 2 is 1.94 bits per heavy atom. The van der Waals surface area contributed by atoms with Crippen molar-refractivity contribution in [1.29, 1.82) is 0 Å². The summed E-state index contributed by atoms with van der Waals surface area (Å²) in [6.45, 7) is 4.27. The SMILES string of the molecule is CC1CCNCC1NC(=O)C1CCCC1.Cl. The van der Waals surface area contributed by atoms with Crippen LogP contribution in [0.1, 0.15) is 39.0 Å². The average Bonchev–Trinajstić information content (AvgIpc) is 2.74. The normalized spacial score (nSPS) is 30.8. The van der Waals surface area contributed by atoms with Crippen molar-refractivity contribution in [2.75, 3.05) is 13.1 Å². The van der Waals surface area contributed by atoms with Gasteiger partial charge in [0, 0.05) is 18.5 Å². The van der Waals surface area contributed by atoms with Crippen LogP contribution in [0.3, 0.4) is 0 Å². The molecular formula is C12H23ClN2O. The van der Waals surface area contributed by atoms with Gasteiger partial charge in [0.2, 0.25) is 5.91 Å². The Hall–Kier alpha value is -0.280. The number of piperidine rings is 1. The average molecular weight is 247 g/mol. The van der Waals surface area contributed by atoms with Crippen molar-refractivity contribution in [3.63, 3.8) is 0 Å². The molecule has 2 unspecified atom stereocenters. The van der Waals surface area contributed by atoms with Crippen molar-refractivity contribution in [2.24, 2.45) is 11.8 Å². The lowest BCUT2D eigenvalue weighted by Crippen LogP contribution is -2.51. The van der Waals surface area contributed by atoms with Crippen LogP contribution in [0.4, 0.5) is 0 Å². The van der Waals surface area contributed by atoms with Crippen LogP contribution in [0.5, 0.6) is 0 Å². The third-order valence-electron chi connectivity index (χ3n) is 3.88. The maximum atomic E-state index is 11.9. The zero-order valence-corrected chi connectivity index (χ0v) is 10.8. The summed E-state index contributed by atoms with van der Waals surface area (Å²) in [5.74, 6) is 1.23. The summed E-state index contributed by atoms with van der Waals surface area (Å²) >= 11 is 0. The summed E-state index contributed by atoms with van der Waals surface area (Å²) in [6.07, 6.45) is 5.84. The Morgan fingerprint density at radius 1 is 1.25 bits per heavy atom. The number of hydrogen-bond acceptors (Lipinski definition) is 2. The van der Waals surface area contributed by atoms with E-state index in [-0.39, 0.29) is 12.4 Å². The van der Waals surface area contributed by atoms with Crippen molar-refractivity contribution in [3.05, 3.63) is 0 Å². The number of rotatable bonds is 2. The van der Waals surface area contributed by atoms with Gasteiger partial charge < -0.3 is 10.6 Å². The molecule has 2 aliphatic rings. The first-order valence-electron chi connectivity index (χ1n) is 6.28. The minimum absolute atomic E-state index is 0. The number of amides is 1. The van der Waals surface area contributed by atoms with Gasteiger partial charge in [-0.1, -0.05) is 19.8 Å². The van der Waals surface area contributed by atoms with Gasteiger partial charge in [0.05, 0.1) is 0 Å². The topological polar surface area (TPSA) is 41.1 Å². The molecule has 1 heterocycles. The Bertz CT molecular complexity index is 229. The predicted molar refractivity (Wildman–Crippen MR) is 67.8 cm³/mol. The molecule has 94 valence electrons. The molecule has 0 bridgehead atoms. The molecule has 2 fully saturated rings. The first kappa shape index (κ1) is 13.8. The second-order valence-electron chi connectivity index (χ2n) is 5.07. The van der Waals surface area contributed by atoms with E-state index in [9.17, 15) is 4.79 Å². The molecule has 3 nitrogen and oxygen atoms in total. The third kappa shape index (κ3) is 3.36. The van der Waals surface area contributed by atoms with Crippen molar-refractivity contribution in [2.45, 2.75) is 45.1 Å². The van der Waals surface area contributed by atoms with Crippen LogP contribution in [0.2, 0.25) is 0 Å². The van der Waals surface area contributed by atoms with E-state index in [2.05, 4.69) is 17.6 Å². The van der Waals surface area contributed by atoms with Crippen LogP contribution < -0.4 is 10.6 Å². The molecule has 0 spiro atoms. The second-order valence-corrected chi connectivity index (χ2v) is 5.07. The molecule has 0 aromatic heterocycles. The lowest BCUT2D eigenvalue weighted by Gasteiger charge is -2.31. The van der Waals surface area contributed by atoms with Crippen LogP contribution in [-0.4, -0.2) is 25.0 Å². The molecule has 1 aliphatic carbocycles. The highest BCUT2D eigenvalue weighted by Gasteiger charge is 2.27. The van der Waals surface area contributed by atoms with Crippen molar-refractivity contribution < 1.29 is 4.79 Å². The van der Waals surface area contributed by atoms with Gasteiger partial charge in [-0.05, 0) is 31.7 Å². The van der Waals surface area contributed by atoms with E-state index in [4.69, 9.17) is 0 Å². The summed E-state index contributed by atoms with van der Waals surface area (Å²) in [7, 11) is 0. The number of hydrogen-bond donors (Lipinski definition) is 2. The third-order valence-corrected chi connectivity index (χ3v) is 3.88. The highest BCUT2D eigenvalue weighted by molar-refractivity contribution is 5.85. The second kappa shape index (κ2) is 6.45. The maximum absolute atomic E-state index is 11.9. The van der Waals surface area contributed by atoms with E-state index in [1.165, 1.54) is 19.3 Å². The minimum atomic E-state index is 0. The van der Waals surface area contributed by atoms with Crippen LogP contribution in [-0.2, 0) is 4.79 Å². The number of nitrogens with one attached hydrogen (secondary N) is 2. The molecule has 16 heavy (non-hydrogen) atoms.